The highest BCUT2D eigenvalue weighted by molar-refractivity contribution is 6.37. The molecule has 0 saturated carbocycles. The zero-order chi connectivity index (χ0) is 12.8. The SMILES string of the molecule is CCCCCCCC[CH](CCC)[Mg][CH2]CCC. The molecule has 17 heavy (non-hydrogen) atoms. The van der Waals surface area contributed by atoms with Crippen LogP contribution in [-0.4, -0.2) is 20.4 Å². The second-order valence-corrected chi connectivity index (χ2v) is 8.15. The summed E-state index contributed by atoms with van der Waals surface area (Å²) in [6, 6.07) is 0. The minimum absolute atomic E-state index is 0.259. The molecule has 100 valence electrons. The molecule has 0 spiro atoms. The van der Waals surface area contributed by atoms with Crippen LogP contribution in [0.1, 0.15) is 91.4 Å². The predicted molar refractivity (Wildman–Crippen MR) is 82.1 cm³/mol. The molecular weight excluding hydrogens is 216 g/mol. The van der Waals surface area contributed by atoms with Crippen molar-refractivity contribution in [3.05, 3.63) is 0 Å². The third-order valence-electron chi connectivity index (χ3n) is 3.88. The molecule has 0 aliphatic rings. The van der Waals surface area contributed by atoms with E-state index in [9.17, 15) is 0 Å². The maximum Gasteiger partial charge on any atom is 0.368 e. The molecule has 0 rings (SSSR count). The van der Waals surface area contributed by atoms with Gasteiger partial charge in [0.2, 0.25) is 0 Å². The van der Waals surface area contributed by atoms with Gasteiger partial charge in [0, 0.05) is 0 Å². The second kappa shape index (κ2) is 14.8. The Morgan fingerprint density at radius 1 is 0.647 bits per heavy atom. The van der Waals surface area contributed by atoms with Gasteiger partial charge in [-0.1, -0.05) is 91.4 Å². The lowest BCUT2D eigenvalue weighted by Crippen LogP contribution is -2.03. The second-order valence-electron chi connectivity index (χ2n) is 5.71. The number of hydrogen-bond acceptors (Lipinski definition) is 0. The van der Waals surface area contributed by atoms with Crippen LogP contribution in [0.25, 0.3) is 0 Å². The lowest BCUT2D eigenvalue weighted by Gasteiger charge is -2.14. The van der Waals surface area contributed by atoms with Gasteiger partial charge in [-0.25, -0.2) is 0 Å². The average molecular weight is 251 g/mol. The molecule has 1 heteroatoms. The molecule has 0 amide bonds. The van der Waals surface area contributed by atoms with E-state index in [1.807, 2.05) is 0 Å². The monoisotopic (exact) mass is 250 g/mol. The molecule has 0 heterocycles. The highest BCUT2D eigenvalue weighted by Gasteiger charge is 2.10. The summed E-state index contributed by atoms with van der Waals surface area (Å²) < 4.78 is 2.79. The first kappa shape index (κ1) is 17.8. The summed E-state index contributed by atoms with van der Waals surface area (Å²) in [6.07, 6.45) is 16.2. The Hall–Kier alpha value is 0.766. The van der Waals surface area contributed by atoms with Gasteiger partial charge in [-0.2, -0.15) is 0 Å². The Morgan fingerprint density at radius 3 is 1.94 bits per heavy atom. The molecule has 0 aliphatic carbocycles. The van der Waals surface area contributed by atoms with Crippen LogP contribution in [-0.2, 0) is 0 Å². The van der Waals surface area contributed by atoms with Crippen molar-refractivity contribution in [3.63, 3.8) is 0 Å². The van der Waals surface area contributed by atoms with E-state index in [0.29, 0.717) is 0 Å². The van der Waals surface area contributed by atoms with E-state index in [1.165, 1.54) is 68.3 Å². The maximum atomic E-state index is 2.36. The molecule has 0 aliphatic heterocycles. The minimum atomic E-state index is 0.259. The molecule has 0 bridgehead atoms. The molecule has 0 fully saturated rings. The van der Waals surface area contributed by atoms with Crippen LogP contribution in [0.5, 0.6) is 0 Å². The van der Waals surface area contributed by atoms with E-state index < -0.39 is 0 Å². The molecule has 0 N–H and O–H groups in total. The Bertz CT molecular complexity index is 133. The van der Waals surface area contributed by atoms with Gasteiger partial charge in [0.1, 0.15) is 0 Å². The fourth-order valence-corrected chi connectivity index (χ4v) is 5.38. The Kier molecular flexibility index (Phi) is 15.5. The molecule has 0 aromatic heterocycles. The van der Waals surface area contributed by atoms with Crippen LogP contribution in [0.3, 0.4) is 0 Å². The van der Waals surface area contributed by atoms with Gasteiger partial charge in [-0.15, -0.1) is 8.60 Å². The summed E-state index contributed by atoms with van der Waals surface area (Å²) >= 11 is 0.259. The van der Waals surface area contributed by atoms with Crippen molar-refractivity contribution in [2.75, 3.05) is 0 Å². The van der Waals surface area contributed by atoms with E-state index in [-0.39, 0.29) is 20.4 Å². The van der Waals surface area contributed by atoms with Crippen LogP contribution >= 0.6 is 0 Å². The van der Waals surface area contributed by atoms with E-state index in [4.69, 9.17) is 0 Å². The van der Waals surface area contributed by atoms with Gasteiger partial charge < -0.3 is 0 Å². The Morgan fingerprint density at radius 2 is 1.29 bits per heavy atom. The lowest BCUT2D eigenvalue weighted by molar-refractivity contribution is 0.558. The van der Waals surface area contributed by atoms with Gasteiger partial charge in [0.15, 0.2) is 0 Å². The molecule has 0 radical (unpaired) electrons. The number of unbranched alkanes of at least 4 members (excludes halogenated alkanes) is 6. The topological polar surface area (TPSA) is 0 Å². The third kappa shape index (κ3) is 13.0. The van der Waals surface area contributed by atoms with Crippen LogP contribution in [0.15, 0.2) is 0 Å². The summed E-state index contributed by atoms with van der Waals surface area (Å²) in [6.45, 7) is 7.00. The van der Waals surface area contributed by atoms with Crippen LogP contribution < -0.4 is 0 Å². The van der Waals surface area contributed by atoms with Gasteiger partial charge >= 0.3 is 20.4 Å². The number of hydrogen-bond donors (Lipinski definition) is 0. The first-order valence-corrected chi connectivity index (χ1v) is 10.2. The Labute approximate surface area is 120 Å². The van der Waals surface area contributed by atoms with Crippen molar-refractivity contribution in [2.24, 2.45) is 0 Å². The van der Waals surface area contributed by atoms with E-state index in [0.717, 1.165) is 0 Å². The van der Waals surface area contributed by atoms with Crippen molar-refractivity contribution in [2.45, 2.75) is 100.0 Å². The van der Waals surface area contributed by atoms with E-state index in [1.54, 1.807) is 11.0 Å². The zero-order valence-corrected chi connectivity index (χ0v) is 14.2. The van der Waals surface area contributed by atoms with Gasteiger partial charge in [-0.3, -0.25) is 0 Å². The van der Waals surface area contributed by atoms with Crippen LogP contribution in [0.4, 0.5) is 0 Å². The molecule has 1 atom stereocenters. The molecular formula is C16H34Mg. The molecule has 0 aromatic carbocycles. The van der Waals surface area contributed by atoms with Crippen molar-refractivity contribution in [1.29, 1.82) is 0 Å². The highest BCUT2D eigenvalue weighted by atomic mass is 24.5. The summed E-state index contributed by atoms with van der Waals surface area (Å²) in [7, 11) is 0. The van der Waals surface area contributed by atoms with Crippen molar-refractivity contribution in [3.8, 4) is 0 Å². The summed E-state index contributed by atoms with van der Waals surface area (Å²) in [5.41, 5.74) is 0. The van der Waals surface area contributed by atoms with E-state index >= 15 is 0 Å². The quantitative estimate of drug-likeness (QED) is 0.268. The first-order chi connectivity index (χ1) is 8.35. The highest BCUT2D eigenvalue weighted by Crippen LogP contribution is 2.22. The molecule has 0 saturated heterocycles. The summed E-state index contributed by atoms with van der Waals surface area (Å²) in [4.78, 5) is 0. The minimum Gasteiger partial charge on any atom is -0.145 e. The van der Waals surface area contributed by atoms with Gasteiger partial charge in [-0.05, 0) is 0 Å². The fraction of sp³-hybridized carbons (Fsp3) is 1.00. The van der Waals surface area contributed by atoms with Gasteiger partial charge in [0.05, 0.1) is 0 Å². The van der Waals surface area contributed by atoms with Gasteiger partial charge in [0.25, 0.3) is 0 Å². The summed E-state index contributed by atoms with van der Waals surface area (Å²) in [5.74, 6) is 0. The van der Waals surface area contributed by atoms with Crippen LogP contribution in [0.2, 0.25) is 8.60 Å². The number of rotatable bonds is 13. The summed E-state index contributed by atoms with van der Waals surface area (Å²) in [5, 5.41) is 0. The largest absolute Gasteiger partial charge is 0.368 e. The lowest BCUT2D eigenvalue weighted by atomic mass is 10.1. The maximum absolute atomic E-state index is 2.36. The van der Waals surface area contributed by atoms with Crippen molar-refractivity contribution in [1.82, 2.24) is 0 Å². The van der Waals surface area contributed by atoms with Crippen LogP contribution in [0, 0.1) is 0 Å². The van der Waals surface area contributed by atoms with Crippen molar-refractivity contribution < 1.29 is 0 Å². The third-order valence-corrected chi connectivity index (χ3v) is 6.42. The standard InChI is InChI=1S/C12H25.C4H9.Mg/c1-3-5-7-9-11-12-10-8-6-4-2;1-3-4-2;/h7H,3-6,8-12H2,1-2H3;1,3-4H2,2H3;. The average Bonchev–Trinajstić information content (AvgIpc) is 2.34. The molecule has 0 nitrogen and oxygen atoms in total. The molecule has 0 aromatic rings. The fourth-order valence-electron chi connectivity index (χ4n) is 2.74. The van der Waals surface area contributed by atoms with Crippen molar-refractivity contribution >= 4 is 20.4 Å². The normalized spacial score (nSPS) is 12.4. The zero-order valence-electron chi connectivity index (χ0n) is 12.8. The van der Waals surface area contributed by atoms with E-state index in [2.05, 4.69) is 20.8 Å². The predicted octanol–water partition coefficient (Wildman–Crippen LogP) is 6.25. The molecule has 1 unspecified atom stereocenters. The first-order valence-electron chi connectivity index (χ1n) is 8.35. The Balaban J connectivity index is 3.41. The smallest absolute Gasteiger partial charge is 0.145 e.